The van der Waals surface area contributed by atoms with E-state index in [0.717, 1.165) is 0 Å². The minimum absolute atomic E-state index is 0.154. The van der Waals surface area contributed by atoms with Crippen molar-refractivity contribution in [2.75, 3.05) is 18.6 Å². The molecule has 0 radical (unpaired) electrons. The van der Waals surface area contributed by atoms with Crippen LogP contribution in [0.2, 0.25) is 0 Å². The molecule has 3 unspecified atom stereocenters. The van der Waals surface area contributed by atoms with E-state index in [1.54, 1.807) is 26.8 Å². The van der Waals surface area contributed by atoms with Gasteiger partial charge in [-0.25, -0.2) is 9.18 Å². The first kappa shape index (κ1) is 29.0. The Labute approximate surface area is 226 Å². The third kappa shape index (κ3) is 4.01. The molecule has 3 saturated carbocycles. The molecule has 4 rings (SSSR count). The van der Waals surface area contributed by atoms with E-state index < -0.39 is 70.4 Å². The van der Waals surface area contributed by atoms with Gasteiger partial charge in [0.15, 0.2) is 18.1 Å². The smallest absolute Gasteiger partial charge is 0.329 e. The summed E-state index contributed by atoms with van der Waals surface area (Å²) in [6.45, 7) is 4.50. The Bertz CT molecular complexity index is 1080. The molecule has 0 aromatic heterocycles. The lowest BCUT2D eigenvalue weighted by atomic mass is 9.44. The summed E-state index contributed by atoms with van der Waals surface area (Å²) in [5.41, 5.74) is -5.66. The zero-order valence-electron chi connectivity index (χ0n) is 22.4. The highest BCUT2D eigenvalue weighted by Crippen LogP contribution is 2.70. The number of carbonyl (C=O) groups excluding carboxylic acids is 4. The number of Topliss-reactive ketones (excluding diaryl/α,β-unsaturated/α-hetero) is 1. The summed E-state index contributed by atoms with van der Waals surface area (Å²) in [5, 5.41) is 25.8. The summed E-state index contributed by atoms with van der Waals surface area (Å²) in [7, 11) is 0. The van der Waals surface area contributed by atoms with Gasteiger partial charge in [0.25, 0.3) is 0 Å². The molecule has 0 aliphatic heterocycles. The van der Waals surface area contributed by atoms with Gasteiger partial charge in [0.2, 0.25) is 12.2 Å². The Balaban J connectivity index is 1.59. The van der Waals surface area contributed by atoms with Gasteiger partial charge in [-0.05, 0) is 75.0 Å². The Morgan fingerprint density at radius 3 is 2.71 bits per heavy atom. The van der Waals surface area contributed by atoms with Gasteiger partial charge in [-0.15, -0.1) is 0 Å². The number of amides is 1. The molecular weight excluding hydrogens is 513 g/mol. The van der Waals surface area contributed by atoms with Crippen molar-refractivity contribution >= 4 is 35.7 Å². The van der Waals surface area contributed by atoms with Crippen molar-refractivity contribution in [2.24, 2.45) is 28.6 Å². The van der Waals surface area contributed by atoms with E-state index in [2.05, 4.69) is 5.32 Å². The van der Waals surface area contributed by atoms with Crippen LogP contribution in [0.15, 0.2) is 23.8 Å². The molecule has 0 heterocycles. The van der Waals surface area contributed by atoms with E-state index in [9.17, 15) is 29.4 Å². The lowest BCUT2D eigenvalue weighted by molar-refractivity contribution is -0.220. The van der Waals surface area contributed by atoms with Gasteiger partial charge in [0, 0.05) is 16.7 Å². The third-order valence-electron chi connectivity index (χ3n) is 10.2. The lowest BCUT2D eigenvalue weighted by Crippen LogP contribution is -2.69. The normalized spacial score (nSPS) is 42.3. The number of alkyl halides is 1. The fraction of sp³-hybridized carbons (Fsp3) is 0.714. The lowest BCUT2D eigenvalue weighted by Gasteiger charge is -2.62. The fourth-order valence-corrected chi connectivity index (χ4v) is 8.55. The molecule has 8 nitrogen and oxygen atoms in total. The van der Waals surface area contributed by atoms with Crippen molar-refractivity contribution < 1.29 is 38.5 Å². The summed E-state index contributed by atoms with van der Waals surface area (Å²) in [6.07, 6.45) is 6.59. The zero-order valence-corrected chi connectivity index (χ0v) is 23.2. The summed E-state index contributed by atoms with van der Waals surface area (Å²) >= 11 is 1.50. The topological polar surface area (TPSA) is 130 Å². The molecule has 0 saturated heterocycles. The highest BCUT2D eigenvalue weighted by molar-refractivity contribution is 7.98. The van der Waals surface area contributed by atoms with Crippen molar-refractivity contribution in [2.45, 2.75) is 76.3 Å². The Kier molecular flexibility index (Phi) is 7.75. The average Bonchev–Trinajstić information content (AvgIpc) is 3.07. The van der Waals surface area contributed by atoms with Gasteiger partial charge in [-0.3, -0.25) is 14.4 Å². The molecule has 0 spiro atoms. The molecule has 4 aliphatic carbocycles. The molecule has 3 fully saturated rings. The van der Waals surface area contributed by atoms with Crippen LogP contribution in [0.25, 0.3) is 0 Å². The Morgan fingerprint density at radius 2 is 2.05 bits per heavy atom. The van der Waals surface area contributed by atoms with Gasteiger partial charge in [0.1, 0.15) is 11.6 Å². The second-order valence-corrected chi connectivity index (χ2v) is 12.8. The van der Waals surface area contributed by atoms with Gasteiger partial charge in [0.05, 0.1) is 6.10 Å². The van der Waals surface area contributed by atoms with Gasteiger partial charge < -0.3 is 20.3 Å². The maximum absolute atomic E-state index is 17.2. The number of hydrogen-bond acceptors (Lipinski definition) is 8. The molecule has 10 heteroatoms. The average molecular weight is 552 g/mol. The summed E-state index contributed by atoms with van der Waals surface area (Å²) in [4.78, 5) is 49.0. The number of fused-ring (bicyclic) bond motifs is 5. The molecule has 4 aliphatic rings. The second-order valence-electron chi connectivity index (χ2n) is 11.8. The highest BCUT2D eigenvalue weighted by Gasteiger charge is 2.75. The van der Waals surface area contributed by atoms with E-state index >= 15 is 4.39 Å². The first-order valence-electron chi connectivity index (χ1n) is 13.2. The van der Waals surface area contributed by atoms with Crippen molar-refractivity contribution in [3.8, 4) is 0 Å². The van der Waals surface area contributed by atoms with Crippen LogP contribution < -0.4 is 5.32 Å². The molecule has 38 heavy (non-hydrogen) atoms. The number of ether oxygens (including phenoxy) is 1. The number of carbonyl (C=O) groups is 4. The molecule has 210 valence electrons. The van der Waals surface area contributed by atoms with E-state index in [1.807, 2.05) is 6.26 Å². The quantitative estimate of drug-likeness (QED) is 0.294. The number of halogens is 1. The van der Waals surface area contributed by atoms with E-state index in [-0.39, 0.29) is 12.2 Å². The molecule has 9 atom stereocenters. The first-order valence-corrected chi connectivity index (χ1v) is 14.6. The molecule has 0 bridgehead atoms. The molecule has 1 amide bonds. The van der Waals surface area contributed by atoms with Gasteiger partial charge >= 0.3 is 5.97 Å². The Hall–Kier alpha value is -2.04. The number of nitrogens with one attached hydrogen (secondary N) is 1. The minimum atomic E-state index is -2.07. The summed E-state index contributed by atoms with van der Waals surface area (Å²) in [5.74, 6) is -2.67. The number of hydrogen-bond donors (Lipinski definition) is 3. The van der Waals surface area contributed by atoms with Crippen LogP contribution >= 0.6 is 11.8 Å². The van der Waals surface area contributed by atoms with Gasteiger partial charge in [-0.1, -0.05) is 25.5 Å². The van der Waals surface area contributed by atoms with Crippen molar-refractivity contribution in [1.29, 1.82) is 0 Å². The fourth-order valence-electron chi connectivity index (χ4n) is 8.07. The summed E-state index contributed by atoms with van der Waals surface area (Å²) in [6, 6.07) is -0.906. The van der Waals surface area contributed by atoms with Crippen LogP contribution in [0, 0.1) is 28.6 Å². The maximum Gasteiger partial charge on any atom is 0.329 e. The van der Waals surface area contributed by atoms with Crippen LogP contribution in [-0.4, -0.2) is 76.2 Å². The maximum atomic E-state index is 17.2. The summed E-state index contributed by atoms with van der Waals surface area (Å²) < 4.78 is 22.5. The van der Waals surface area contributed by atoms with Crippen LogP contribution in [0.4, 0.5) is 4.39 Å². The number of aliphatic hydroxyl groups is 2. The minimum Gasteiger partial charge on any atom is -0.456 e. The van der Waals surface area contributed by atoms with E-state index in [4.69, 9.17) is 4.74 Å². The number of ketones is 2. The number of esters is 1. The van der Waals surface area contributed by atoms with Crippen LogP contribution in [0.3, 0.4) is 0 Å². The number of allylic oxidation sites excluding steroid dienone is 4. The van der Waals surface area contributed by atoms with Crippen LogP contribution in [0.5, 0.6) is 0 Å². The van der Waals surface area contributed by atoms with Crippen molar-refractivity contribution in [1.82, 2.24) is 5.32 Å². The molecule has 0 aromatic rings. The predicted molar refractivity (Wildman–Crippen MR) is 140 cm³/mol. The molecule has 3 N–H and O–H groups in total. The highest BCUT2D eigenvalue weighted by atomic mass is 32.2. The number of rotatable bonds is 9. The number of aliphatic hydroxyl groups excluding tert-OH is 1. The molecule has 0 aromatic carbocycles. The van der Waals surface area contributed by atoms with Crippen molar-refractivity contribution in [3.63, 3.8) is 0 Å². The monoisotopic (exact) mass is 551 g/mol. The second kappa shape index (κ2) is 10.2. The van der Waals surface area contributed by atoms with E-state index in [1.165, 1.54) is 23.9 Å². The van der Waals surface area contributed by atoms with Gasteiger partial charge in [-0.2, -0.15) is 11.8 Å². The SMILES string of the molecule is CSCCC(NC=O)C(=O)OCC(=O)[C@@]1(O)C(C)C[C@H]2[C@@H]3CCC4=CC(=O)C=C[C@]4(C)[C@@]3(F)C(O)C[C@@]21C. The predicted octanol–water partition coefficient (Wildman–Crippen LogP) is 2.31. The largest absolute Gasteiger partial charge is 0.456 e. The van der Waals surface area contributed by atoms with Crippen molar-refractivity contribution in [3.05, 3.63) is 23.8 Å². The van der Waals surface area contributed by atoms with Crippen LogP contribution in [-0.2, 0) is 23.9 Å². The third-order valence-corrected chi connectivity index (χ3v) is 10.8. The number of thioether (sulfide) groups is 1. The molecular formula is C28H38FNO7S. The van der Waals surface area contributed by atoms with Crippen LogP contribution in [0.1, 0.15) is 52.9 Å². The Morgan fingerprint density at radius 1 is 1.34 bits per heavy atom. The first-order chi connectivity index (χ1) is 17.8. The zero-order chi connectivity index (χ0) is 28.1. The van der Waals surface area contributed by atoms with E-state index in [0.29, 0.717) is 43.4 Å². The standard InChI is InChI=1S/C28H38FNO7S/c1-16-11-20-19-6-5-17-12-18(32)7-9-25(17,2)27(19,29)22(33)13-26(20,3)28(16,36)23(34)14-37-24(35)21(30-15-31)8-10-38-4/h7,9,12,15-16,19-22,33,36H,5-6,8,10-11,13-14H2,1-4H3,(H,30,31)/t16?,19-,20-,21?,22?,25-,26-,27-,28-/m0/s1.